The first-order chi connectivity index (χ1) is 20.7. The molecule has 216 valence electrons. The molecule has 0 bridgehead atoms. The van der Waals surface area contributed by atoms with Gasteiger partial charge >= 0.3 is 6.18 Å². The number of furan rings is 1. The number of rotatable bonds is 8. The molecule has 1 aromatic heterocycles. The molecule has 0 fully saturated rings. The minimum Gasteiger partial charge on any atom is -0.460 e. The topological polar surface area (TPSA) is 59.3 Å². The summed E-state index contributed by atoms with van der Waals surface area (Å²) in [4.78, 5) is 0.0234. The molecule has 1 heterocycles. The number of hydrogen-bond acceptors (Lipinski definition) is 3. The van der Waals surface area contributed by atoms with E-state index in [2.05, 4.69) is 22.9 Å². The van der Waals surface area contributed by atoms with Crippen LogP contribution in [0.5, 0.6) is 0 Å². The zero-order valence-electron chi connectivity index (χ0n) is 22.8. The van der Waals surface area contributed by atoms with E-state index < -0.39 is 21.8 Å². The lowest BCUT2D eigenvalue weighted by molar-refractivity contribution is -0.137. The predicted molar refractivity (Wildman–Crippen MR) is 162 cm³/mol. The summed E-state index contributed by atoms with van der Waals surface area (Å²) in [6.45, 7) is -0.260. The van der Waals surface area contributed by atoms with Crippen molar-refractivity contribution in [1.29, 1.82) is 0 Å². The van der Waals surface area contributed by atoms with Crippen molar-refractivity contribution >= 4 is 21.0 Å². The summed E-state index contributed by atoms with van der Waals surface area (Å²) in [5, 5.41) is 1.04. The smallest absolute Gasteiger partial charge is 0.416 e. The average Bonchev–Trinajstić information content (AvgIpc) is 3.38. The van der Waals surface area contributed by atoms with Gasteiger partial charge in [-0.15, -0.1) is 0 Å². The van der Waals surface area contributed by atoms with E-state index >= 15 is 0 Å². The fourth-order valence-electron chi connectivity index (χ4n) is 5.09. The van der Waals surface area contributed by atoms with E-state index in [1.54, 1.807) is 12.1 Å². The van der Waals surface area contributed by atoms with Crippen molar-refractivity contribution in [3.8, 4) is 22.3 Å². The minimum absolute atomic E-state index is 0.0234. The van der Waals surface area contributed by atoms with Crippen molar-refractivity contribution in [1.82, 2.24) is 4.72 Å². The highest BCUT2D eigenvalue weighted by atomic mass is 32.2. The average molecular weight is 598 g/mol. The van der Waals surface area contributed by atoms with E-state index in [1.807, 2.05) is 60.7 Å². The Kier molecular flexibility index (Phi) is 7.64. The lowest BCUT2D eigenvalue weighted by Crippen LogP contribution is -2.23. The first kappa shape index (κ1) is 28.5. The number of nitrogens with one attached hydrogen (secondary N) is 1. The van der Waals surface area contributed by atoms with Gasteiger partial charge in [0, 0.05) is 23.9 Å². The van der Waals surface area contributed by atoms with Crippen LogP contribution < -0.4 is 4.72 Å². The van der Waals surface area contributed by atoms with Crippen molar-refractivity contribution < 1.29 is 26.0 Å². The van der Waals surface area contributed by atoms with Crippen LogP contribution in [0.4, 0.5) is 13.2 Å². The summed E-state index contributed by atoms with van der Waals surface area (Å²) < 4.78 is 73.3. The molecule has 0 spiro atoms. The maximum atomic E-state index is 13.0. The highest BCUT2D eigenvalue weighted by Gasteiger charge is 2.30. The van der Waals surface area contributed by atoms with Crippen molar-refractivity contribution in [3.05, 3.63) is 150 Å². The van der Waals surface area contributed by atoms with Crippen LogP contribution in [0.15, 0.2) is 137 Å². The number of sulfonamides is 1. The molecular formula is C35H26F3NO3S. The summed E-state index contributed by atoms with van der Waals surface area (Å²) in [6.07, 6.45) is -3.84. The molecule has 0 amide bonds. The molecule has 1 N–H and O–H groups in total. The molecule has 6 rings (SSSR count). The Balaban J connectivity index is 1.21. The molecule has 0 atom stereocenters. The Bertz CT molecular complexity index is 1980. The SMILES string of the molecule is O=S(=O)(NCc1cccc(C(F)(F)F)c1)c1ccc(-c2ccc(-c3c(Cc4ccccc4)oc4ccccc34)cc2)cc1. The third kappa shape index (κ3) is 6.26. The van der Waals surface area contributed by atoms with E-state index in [-0.39, 0.29) is 17.0 Å². The monoisotopic (exact) mass is 597 g/mol. The maximum Gasteiger partial charge on any atom is 0.416 e. The first-order valence-electron chi connectivity index (χ1n) is 13.6. The van der Waals surface area contributed by atoms with E-state index in [4.69, 9.17) is 4.42 Å². The second kappa shape index (κ2) is 11.6. The molecule has 43 heavy (non-hydrogen) atoms. The molecule has 6 aromatic rings. The third-order valence-corrected chi connectivity index (χ3v) is 8.69. The Hall–Kier alpha value is -4.66. The Morgan fingerprint density at radius 3 is 1.95 bits per heavy atom. The van der Waals surface area contributed by atoms with E-state index in [9.17, 15) is 21.6 Å². The van der Waals surface area contributed by atoms with Gasteiger partial charge in [0.15, 0.2) is 0 Å². The lowest BCUT2D eigenvalue weighted by atomic mass is 9.96. The van der Waals surface area contributed by atoms with Crippen LogP contribution in [-0.4, -0.2) is 8.42 Å². The van der Waals surface area contributed by atoms with Crippen molar-refractivity contribution in [2.45, 2.75) is 24.0 Å². The highest BCUT2D eigenvalue weighted by Crippen LogP contribution is 2.37. The van der Waals surface area contributed by atoms with Gasteiger partial charge in [0.2, 0.25) is 10.0 Å². The summed E-state index contributed by atoms with van der Waals surface area (Å²) in [5.74, 6) is 0.882. The van der Waals surface area contributed by atoms with Gasteiger partial charge < -0.3 is 4.42 Å². The van der Waals surface area contributed by atoms with Crippen LogP contribution in [0, 0.1) is 0 Å². The standard InChI is InChI=1S/C35H26F3NO3S/c36-35(37,38)29-10-6-9-25(21-29)23-39-43(40,41)30-19-17-27(18-20-30)26-13-15-28(16-14-26)34-31-11-4-5-12-32(31)42-33(34)22-24-7-2-1-3-8-24/h1-21,39H,22-23H2. The summed E-state index contributed by atoms with van der Waals surface area (Å²) in [7, 11) is -3.94. The van der Waals surface area contributed by atoms with Crippen molar-refractivity contribution in [2.75, 3.05) is 0 Å². The van der Waals surface area contributed by atoms with E-state index in [1.165, 1.54) is 24.3 Å². The molecule has 0 unspecified atom stereocenters. The number of alkyl halides is 3. The molecule has 0 aliphatic heterocycles. The molecule has 8 heteroatoms. The molecule has 0 aliphatic rings. The van der Waals surface area contributed by atoms with Crippen LogP contribution in [0.1, 0.15) is 22.5 Å². The zero-order valence-corrected chi connectivity index (χ0v) is 23.6. The fourth-order valence-corrected chi connectivity index (χ4v) is 6.11. The Labute approximate surface area is 247 Å². The zero-order chi connectivity index (χ0) is 30.0. The van der Waals surface area contributed by atoms with Crippen molar-refractivity contribution in [2.24, 2.45) is 0 Å². The number of para-hydroxylation sites is 1. The highest BCUT2D eigenvalue weighted by molar-refractivity contribution is 7.89. The van der Waals surface area contributed by atoms with Crippen LogP contribution in [0.25, 0.3) is 33.2 Å². The molecular weight excluding hydrogens is 571 g/mol. The second-order valence-electron chi connectivity index (χ2n) is 10.2. The lowest BCUT2D eigenvalue weighted by Gasteiger charge is -2.11. The molecule has 4 nitrogen and oxygen atoms in total. The Morgan fingerprint density at radius 2 is 1.26 bits per heavy atom. The van der Waals surface area contributed by atoms with Crippen LogP contribution >= 0.6 is 0 Å². The summed E-state index contributed by atoms with van der Waals surface area (Å²) in [5.41, 5.74) is 5.15. The largest absolute Gasteiger partial charge is 0.460 e. The van der Waals surface area contributed by atoms with Gasteiger partial charge in [-0.1, -0.05) is 103 Å². The third-order valence-electron chi connectivity index (χ3n) is 7.27. The van der Waals surface area contributed by atoms with Gasteiger partial charge in [-0.2, -0.15) is 13.2 Å². The maximum absolute atomic E-state index is 13.0. The molecule has 0 saturated carbocycles. The fraction of sp³-hybridized carbons (Fsp3) is 0.0857. The van der Waals surface area contributed by atoms with E-state index in [0.717, 1.165) is 56.7 Å². The first-order valence-corrected chi connectivity index (χ1v) is 15.1. The number of hydrogen-bond donors (Lipinski definition) is 1. The van der Waals surface area contributed by atoms with Gasteiger partial charge in [-0.3, -0.25) is 0 Å². The summed E-state index contributed by atoms with van der Waals surface area (Å²) >= 11 is 0. The normalized spacial score (nSPS) is 12.1. The van der Waals surface area contributed by atoms with Crippen molar-refractivity contribution in [3.63, 3.8) is 0 Å². The van der Waals surface area contributed by atoms with Crippen LogP contribution in [0.2, 0.25) is 0 Å². The molecule has 0 saturated heterocycles. The van der Waals surface area contributed by atoms with Gasteiger partial charge in [-0.25, -0.2) is 13.1 Å². The predicted octanol–water partition coefficient (Wildman–Crippen LogP) is 8.85. The van der Waals surface area contributed by atoms with Crippen LogP contribution in [-0.2, 0) is 29.2 Å². The summed E-state index contributed by atoms with van der Waals surface area (Å²) in [6, 6.07) is 37.1. The van der Waals surface area contributed by atoms with Gasteiger partial charge in [0.05, 0.1) is 10.5 Å². The number of benzene rings is 5. The molecule has 0 radical (unpaired) electrons. The number of fused-ring (bicyclic) bond motifs is 1. The van der Waals surface area contributed by atoms with Gasteiger partial charge in [0.25, 0.3) is 0 Å². The van der Waals surface area contributed by atoms with Crippen LogP contribution in [0.3, 0.4) is 0 Å². The van der Waals surface area contributed by atoms with E-state index in [0.29, 0.717) is 6.42 Å². The quantitative estimate of drug-likeness (QED) is 0.191. The Morgan fingerprint density at radius 1 is 0.651 bits per heavy atom. The number of halogens is 3. The minimum atomic E-state index is -4.50. The molecule has 0 aliphatic carbocycles. The molecule has 5 aromatic carbocycles. The van der Waals surface area contributed by atoms with Gasteiger partial charge in [0.1, 0.15) is 11.3 Å². The second-order valence-corrected chi connectivity index (χ2v) is 12.0. The van der Waals surface area contributed by atoms with Gasteiger partial charge in [-0.05, 0) is 52.1 Å².